The number of carbonyl (C=O) groups is 1. The van der Waals surface area contributed by atoms with Crippen molar-refractivity contribution in [3.8, 4) is 0 Å². The van der Waals surface area contributed by atoms with Gasteiger partial charge >= 0.3 is 11.7 Å². The summed E-state index contributed by atoms with van der Waals surface area (Å²) in [6.07, 6.45) is -1.65. The Bertz CT molecular complexity index is 1030. The van der Waals surface area contributed by atoms with Crippen molar-refractivity contribution in [3.63, 3.8) is 0 Å². The van der Waals surface area contributed by atoms with E-state index in [0.717, 1.165) is 10.6 Å². The average molecular weight is 438 g/mol. The lowest BCUT2D eigenvalue weighted by atomic mass is 10.2. The molecule has 0 saturated carbocycles. The maximum atomic E-state index is 12.5. The van der Waals surface area contributed by atoms with Crippen LogP contribution in [0, 0.1) is 0 Å². The number of carbonyl (C=O) groups excluding carboxylic acids is 1. The van der Waals surface area contributed by atoms with E-state index in [1.54, 1.807) is 37.3 Å². The van der Waals surface area contributed by atoms with Gasteiger partial charge in [-0.15, -0.1) is 0 Å². The maximum Gasteiger partial charge on any atom is 0.338 e. The number of ether oxygens (including phenoxy) is 3. The Morgan fingerprint density at radius 1 is 1.27 bits per heavy atom. The van der Waals surface area contributed by atoms with Crippen molar-refractivity contribution in [2.75, 3.05) is 19.6 Å². The predicted octanol–water partition coefficient (Wildman–Crippen LogP) is 1.93. The van der Waals surface area contributed by atoms with Gasteiger partial charge < -0.3 is 18.7 Å². The third-order valence-electron chi connectivity index (χ3n) is 4.32. The molecule has 2 aromatic rings. The SMILES string of the molecule is CCOP(C)(=O)CO[C@@H]1C[C@@H](OC(=O)c2ccccc2)[C@H](n2ccc(=O)[nH]c2=O)O1. The minimum absolute atomic E-state index is 0.0981. The summed E-state index contributed by atoms with van der Waals surface area (Å²) in [6.45, 7) is 3.44. The Kier molecular flexibility index (Phi) is 7.04. The average Bonchev–Trinajstić information content (AvgIpc) is 3.09. The lowest BCUT2D eigenvalue weighted by Crippen LogP contribution is -2.36. The number of esters is 1. The molecule has 2 heterocycles. The Labute approximate surface area is 172 Å². The first-order chi connectivity index (χ1) is 14.3. The number of aromatic nitrogens is 2. The quantitative estimate of drug-likeness (QED) is 0.489. The number of benzene rings is 1. The summed E-state index contributed by atoms with van der Waals surface area (Å²) in [5.74, 6) is -0.595. The lowest BCUT2D eigenvalue weighted by molar-refractivity contribution is -0.147. The Morgan fingerprint density at radius 3 is 2.67 bits per heavy atom. The molecule has 1 aromatic heterocycles. The minimum Gasteiger partial charge on any atom is -0.454 e. The fraction of sp³-hybridized carbons (Fsp3) is 0.421. The van der Waals surface area contributed by atoms with Crippen LogP contribution in [0.15, 0.2) is 52.2 Å². The van der Waals surface area contributed by atoms with Gasteiger partial charge in [0.05, 0.1) is 12.2 Å². The van der Waals surface area contributed by atoms with Gasteiger partial charge in [-0.25, -0.2) is 9.59 Å². The third kappa shape index (κ3) is 5.54. The molecule has 0 radical (unpaired) electrons. The van der Waals surface area contributed by atoms with Gasteiger partial charge in [0.1, 0.15) is 6.35 Å². The maximum absolute atomic E-state index is 12.5. The highest BCUT2D eigenvalue weighted by molar-refractivity contribution is 7.57. The fourth-order valence-electron chi connectivity index (χ4n) is 3.00. The molecule has 0 amide bonds. The number of hydrogen-bond acceptors (Lipinski definition) is 8. The molecule has 1 aliphatic heterocycles. The zero-order valence-corrected chi connectivity index (χ0v) is 17.4. The topological polar surface area (TPSA) is 126 Å². The molecule has 1 aliphatic rings. The second-order valence-electron chi connectivity index (χ2n) is 6.75. The predicted molar refractivity (Wildman–Crippen MR) is 107 cm³/mol. The van der Waals surface area contributed by atoms with Crippen LogP contribution in [0.25, 0.3) is 0 Å². The van der Waals surface area contributed by atoms with Crippen molar-refractivity contribution >= 4 is 13.3 Å². The molecule has 1 N–H and O–H groups in total. The summed E-state index contributed by atoms with van der Waals surface area (Å²) in [5.41, 5.74) is -0.947. The Hall–Kier alpha value is -2.52. The molecule has 0 aliphatic carbocycles. The molecule has 11 heteroatoms. The number of H-pyrrole nitrogens is 1. The van der Waals surface area contributed by atoms with Gasteiger partial charge in [0, 0.05) is 25.3 Å². The fourth-order valence-corrected chi connectivity index (χ4v) is 4.06. The first-order valence-electron chi connectivity index (χ1n) is 9.34. The summed E-state index contributed by atoms with van der Waals surface area (Å²) >= 11 is 0. The standard InChI is InChI=1S/C19H23N2O8P/c1-3-27-30(2,25)12-26-16-11-14(28-18(23)13-7-5-4-6-8-13)17(29-16)21-10-9-15(22)20-19(21)24/h4-10,14,16-17H,3,11-12H2,1-2H3,(H,20,22,24)/t14-,16+,17-,30?/m1/s1. The lowest BCUT2D eigenvalue weighted by Gasteiger charge is -2.20. The van der Waals surface area contributed by atoms with Gasteiger partial charge in [-0.05, 0) is 19.1 Å². The minimum atomic E-state index is -2.97. The van der Waals surface area contributed by atoms with E-state index in [9.17, 15) is 18.9 Å². The largest absolute Gasteiger partial charge is 0.454 e. The van der Waals surface area contributed by atoms with Gasteiger partial charge in [-0.1, -0.05) is 18.2 Å². The Balaban J connectivity index is 1.79. The van der Waals surface area contributed by atoms with Crippen LogP contribution in [0.5, 0.6) is 0 Å². The zero-order valence-electron chi connectivity index (χ0n) is 16.6. The summed E-state index contributed by atoms with van der Waals surface area (Å²) < 4.78 is 35.4. The summed E-state index contributed by atoms with van der Waals surface area (Å²) in [6, 6.07) is 9.52. The van der Waals surface area contributed by atoms with E-state index < -0.39 is 43.2 Å². The van der Waals surface area contributed by atoms with Crippen molar-refractivity contribution in [3.05, 3.63) is 69.0 Å². The Morgan fingerprint density at radius 2 is 2.00 bits per heavy atom. The molecule has 1 aromatic carbocycles. The second-order valence-corrected chi connectivity index (χ2v) is 9.29. The van der Waals surface area contributed by atoms with Crippen molar-refractivity contribution in [2.24, 2.45) is 0 Å². The van der Waals surface area contributed by atoms with Gasteiger partial charge in [0.2, 0.25) is 7.37 Å². The molecular weight excluding hydrogens is 415 g/mol. The highest BCUT2D eigenvalue weighted by atomic mass is 31.2. The first kappa shape index (κ1) is 22.2. The number of nitrogens with zero attached hydrogens (tertiary/aromatic N) is 1. The van der Waals surface area contributed by atoms with Crippen LogP contribution in [0.3, 0.4) is 0 Å². The van der Waals surface area contributed by atoms with E-state index in [1.165, 1.54) is 12.9 Å². The number of aromatic amines is 1. The van der Waals surface area contributed by atoms with Crippen molar-refractivity contribution in [1.82, 2.24) is 9.55 Å². The van der Waals surface area contributed by atoms with Crippen LogP contribution in [0.4, 0.5) is 0 Å². The molecule has 1 fully saturated rings. The summed E-state index contributed by atoms with van der Waals surface area (Å²) in [5, 5.41) is 0. The smallest absolute Gasteiger partial charge is 0.338 e. The van der Waals surface area contributed by atoms with Crippen molar-refractivity contribution < 1.29 is 28.1 Å². The van der Waals surface area contributed by atoms with Crippen molar-refractivity contribution in [2.45, 2.75) is 32.0 Å². The molecule has 0 bridgehead atoms. The monoisotopic (exact) mass is 438 g/mol. The van der Waals surface area contributed by atoms with Gasteiger partial charge in [0.15, 0.2) is 18.6 Å². The normalized spacial score (nSPS) is 23.1. The molecule has 162 valence electrons. The van der Waals surface area contributed by atoms with E-state index in [1.807, 2.05) is 0 Å². The summed E-state index contributed by atoms with van der Waals surface area (Å²) in [4.78, 5) is 38.2. The van der Waals surface area contributed by atoms with Crippen LogP contribution in [0.2, 0.25) is 0 Å². The van der Waals surface area contributed by atoms with Crippen LogP contribution in [-0.4, -0.2) is 47.5 Å². The van der Waals surface area contributed by atoms with Crippen LogP contribution in [0.1, 0.15) is 29.9 Å². The van der Waals surface area contributed by atoms with Gasteiger partial charge in [-0.2, -0.15) is 0 Å². The van der Waals surface area contributed by atoms with Crippen molar-refractivity contribution in [1.29, 1.82) is 0 Å². The number of rotatable bonds is 8. The van der Waals surface area contributed by atoms with E-state index in [2.05, 4.69) is 4.98 Å². The van der Waals surface area contributed by atoms with E-state index in [0.29, 0.717) is 5.56 Å². The van der Waals surface area contributed by atoms with Crippen LogP contribution < -0.4 is 11.2 Å². The van der Waals surface area contributed by atoms with E-state index in [4.69, 9.17) is 18.7 Å². The molecule has 1 saturated heterocycles. The van der Waals surface area contributed by atoms with E-state index in [-0.39, 0.29) is 19.4 Å². The van der Waals surface area contributed by atoms with Gasteiger partial charge in [0.25, 0.3) is 5.56 Å². The molecule has 10 nitrogen and oxygen atoms in total. The zero-order chi connectivity index (χ0) is 21.7. The number of nitrogens with one attached hydrogen (secondary N) is 1. The third-order valence-corrected chi connectivity index (χ3v) is 5.75. The van der Waals surface area contributed by atoms with Gasteiger partial charge in [-0.3, -0.25) is 18.9 Å². The first-order valence-corrected chi connectivity index (χ1v) is 11.6. The second kappa shape index (κ2) is 9.53. The molecule has 1 unspecified atom stereocenters. The number of hydrogen-bond donors (Lipinski definition) is 1. The van der Waals surface area contributed by atoms with Crippen LogP contribution >= 0.6 is 7.37 Å². The molecule has 0 spiro atoms. The summed E-state index contributed by atoms with van der Waals surface area (Å²) in [7, 11) is -2.97. The molecular formula is C19H23N2O8P. The van der Waals surface area contributed by atoms with Crippen LogP contribution in [-0.2, 0) is 23.3 Å². The highest BCUT2D eigenvalue weighted by Crippen LogP contribution is 2.43. The molecule has 30 heavy (non-hydrogen) atoms. The van der Waals surface area contributed by atoms with E-state index >= 15 is 0 Å². The molecule has 3 rings (SSSR count). The highest BCUT2D eigenvalue weighted by Gasteiger charge is 2.41. The molecule has 4 atom stereocenters.